The Hall–Kier alpha value is -3.11. The maximum absolute atomic E-state index is 12.8. The van der Waals surface area contributed by atoms with E-state index in [0.29, 0.717) is 30.0 Å². The van der Waals surface area contributed by atoms with E-state index in [1.54, 1.807) is 25.3 Å². The molecule has 0 radical (unpaired) electrons. The predicted molar refractivity (Wildman–Crippen MR) is 134 cm³/mol. The Morgan fingerprint density at radius 2 is 1.88 bits per heavy atom. The highest BCUT2D eigenvalue weighted by atomic mass is 32.2. The first kappa shape index (κ1) is 24.0. The molecule has 3 N–H and O–H groups in total. The maximum Gasteiger partial charge on any atom is 0.307 e. The molecule has 10 heteroatoms. The summed E-state index contributed by atoms with van der Waals surface area (Å²) >= 11 is 2.77. The number of hydrogen-bond donors (Lipinski definition) is 3. The number of carbonyl (C=O) groups is 3. The highest BCUT2D eigenvalue weighted by molar-refractivity contribution is 8.01. The van der Waals surface area contributed by atoms with Crippen LogP contribution in [0.25, 0.3) is 10.2 Å². The number of fused-ring (bicyclic) bond motifs is 1. The molecule has 0 unspecified atom stereocenters. The van der Waals surface area contributed by atoms with Crippen LogP contribution in [0.4, 0.5) is 11.4 Å². The van der Waals surface area contributed by atoms with Gasteiger partial charge in [0.25, 0.3) is 0 Å². The largest absolute Gasteiger partial charge is 0.495 e. The van der Waals surface area contributed by atoms with Crippen molar-refractivity contribution in [3.8, 4) is 5.75 Å². The molecule has 178 valence electrons. The number of carboxylic acids is 1. The van der Waals surface area contributed by atoms with Crippen molar-refractivity contribution in [2.75, 3.05) is 23.5 Å². The molecule has 34 heavy (non-hydrogen) atoms. The monoisotopic (exact) mass is 499 g/mol. The summed E-state index contributed by atoms with van der Waals surface area (Å²) in [6.07, 6.45) is 2.82. The minimum atomic E-state index is -0.908. The molecule has 0 spiro atoms. The second-order valence-corrected chi connectivity index (χ2v) is 10.3. The lowest BCUT2D eigenvalue weighted by Gasteiger charge is -2.27. The number of carbonyl (C=O) groups excluding carboxylic acids is 2. The zero-order chi connectivity index (χ0) is 24.1. The summed E-state index contributed by atoms with van der Waals surface area (Å²) < 4.78 is 6.87. The lowest BCUT2D eigenvalue weighted by Crippen LogP contribution is -2.36. The van der Waals surface area contributed by atoms with E-state index in [2.05, 4.69) is 15.6 Å². The molecule has 2 amide bonds. The fourth-order valence-corrected chi connectivity index (χ4v) is 5.99. The van der Waals surface area contributed by atoms with Gasteiger partial charge in [0.1, 0.15) is 5.75 Å². The van der Waals surface area contributed by atoms with Gasteiger partial charge in [-0.15, -0.1) is 11.3 Å². The summed E-state index contributed by atoms with van der Waals surface area (Å²) in [7, 11) is 1.55. The van der Waals surface area contributed by atoms with Crippen LogP contribution in [0.3, 0.4) is 0 Å². The van der Waals surface area contributed by atoms with Gasteiger partial charge in [-0.05, 0) is 43.2 Å². The van der Waals surface area contributed by atoms with Gasteiger partial charge in [0.15, 0.2) is 4.34 Å². The number of rotatable bonds is 8. The fourth-order valence-electron chi connectivity index (χ4n) is 4.08. The first-order valence-electron chi connectivity index (χ1n) is 10.9. The number of aliphatic carboxylic acids is 1. The maximum atomic E-state index is 12.8. The second kappa shape index (κ2) is 10.9. The number of para-hydroxylation sites is 2. The number of thioether (sulfide) groups is 1. The number of amides is 2. The van der Waals surface area contributed by atoms with Crippen molar-refractivity contribution in [3.63, 3.8) is 0 Å². The van der Waals surface area contributed by atoms with Crippen LogP contribution in [0.15, 0.2) is 46.8 Å². The summed E-state index contributed by atoms with van der Waals surface area (Å²) in [4.78, 5) is 41.2. The van der Waals surface area contributed by atoms with E-state index >= 15 is 0 Å². The summed E-state index contributed by atoms with van der Waals surface area (Å²) in [6.45, 7) is 0. The van der Waals surface area contributed by atoms with Crippen LogP contribution in [0.2, 0.25) is 0 Å². The van der Waals surface area contributed by atoms with Gasteiger partial charge in [0.2, 0.25) is 11.8 Å². The lowest BCUT2D eigenvalue weighted by molar-refractivity contribution is -0.147. The summed E-state index contributed by atoms with van der Waals surface area (Å²) in [5.41, 5.74) is 2.00. The zero-order valence-electron chi connectivity index (χ0n) is 18.6. The van der Waals surface area contributed by atoms with Crippen molar-refractivity contribution in [2.45, 2.75) is 30.0 Å². The normalized spacial score (nSPS) is 17.8. The number of nitrogens with one attached hydrogen (secondary N) is 2. The first-order valence-corrected chi connectivity index (χ1v) is 12.7. The number of methoxy groups -OCH3 is 1. The minimum absolute atomic E-state index is 0.165. The van der Waals surface area contributed by atoms with Crippen molar-refractivity contribution in [3.05, 3.63) is 42.5 Å². The number of carboxylic acid groups (broad SMARTS) is 1. The molecule has 1 aliphatic rings. The van der Waals surface area contributed by atoms with Crippen LogP contribution in [0, 0.1) is 11.8 Å². The van der Waals surface area contributed by atoms with Crippen LogP contribution in [-0.4, -0.2) is 40.7 Å². The number of nitrogens with zero attached hydrogens (tertiary/aromatic N) is 1. The molecule has 1 heterocycles. The predicted octanol–water partition coefficient (Wildman–Crippen LogP) is 4.87. The Morgan fingerprint density at radius 1 is 1.12 bits per heavy atom. The lowest BCUT2D eigenvalue weighted by atomic mass is 9.78. The molecule has 4 rings (SSSR count). The van der Waals surface area contributed by atoms with Crippen LogP contribution >= 0.6 is 23.1 Å². The van der Waals surface area contributed by atoms with E-state index in [1.807, 2.05) is 24.3 Å². The van der Waals surface area contributed by atoms with E-state index in [1.165, 1.54) is 23.1 Å². The second-order valence-electron chi connectivity index (χ2n) is 8.02. The van der Waals surface area contributed by atoms with Gasteiger partial charge in [-0.25, -0.2) is 4.98 Å². The SMILES string of the molecule is COc1ccccc1NC(=O)CSc1nc2ccc(NC(=O)[C@@H]3CCCC[C@@H]3C(=O)O)cc2s1. The zero-order valence-corrected chi connectivity index (χ0v) is 20.2. The number of anilines is 2. The van der Waals surface area contributed by atoms with E-state index in [4.69, 9.17) is 4.74 Å². The molecule has 8 nitrogen and oxygen atoms in total. The Labute approximate surface area is 205 Å². The topological polar surface area (TPSA) is 118 Å². The molecule has 1 fully saturated rings. The third-order valence-corrected chi connectivity index (χ3v) is 7.93. The van der Waals surface area contributed by atoms with Crippen LogP contribution < -0.4 is 15.4 Å². The summed E-state index contributed by atoms with van der Waals surface area (Å²) in [5.74, 6) is -1.69. The molecule has 0 bridgehead atoms. The highest BCUT2D eigenvalue weighted by Crippen LogP contribution is 2.34. The van der Waals surface area contributed by atoms with Crippen molar-refractivity contribution in [1.29, 1.82) is 0 Å². The van der Waals surface area contributed by atoms with Crippen LogP contribution in [0.1, 0.15) is 25.7 Å². The molecule has 1 aliphatic carbocycles. The molecule has 2 aromatic carbocycles. The average molecular weight is 500 g/mol. The van der Waals surface area contributed by atoms with Gasteiger partial charge < -0.3 is 20.5 Å². The third kappa shape index (κ3) is 5.68. The molecule has 3 aromatic rings. The van der Waals surface area contributed by atoms with Crippen molar-refractivity contribution in [2.24, 2.45) is 11.8 Å². The Bertz CT molecular complexity index is 1210. The fraction of sp³-hybridized carbons (Fsp3) is 0.333. The molecule has 1 saturated carbocycles. The quantitative estimate of drug-likeness (QED) is 0.379. The van der Waals surface area contributed by atoms with Crippen LogP contribution in [-0.2, 0) is 14.4 Å². The molecular formula is C24H25N3O5S2. The summed E-state index contributed by atoms with van der Waals surface area (Å²) in [6, 6.07) is 12.6. The number of hydrogen-bond acceptors (Lipinski definition) is 7. The van der Waals surface area contributed by atoms with Crippen molar-refractivity contribution >= 4 is 62.5 Å². The smallest absolute Gasteiger partial charge is 0.307 e. The van der Waals surface area contributed by atoms with Gasteiger partial charge in [-0.2, -0.15) is 0 Å². The van der Waals surface area contributed by atoms with Gasteiger partial charge in [-0.3, -0.25) is 14.4 Å². The Morgan fingerprint density at radius 3 is 2.65 bits per heavy atom. The van der Waals surface area contributed by atoms with Gasteiger partial charge >= 0.3 is 5.97 Å². The Kier molecular flexibility index (Phi) is 7.69. The number of benzene rings is 2. The summed E-state index contributed by atoms with van der Waals surface area (Å²) in [5, 5.41) is 15.2. The van der Waals surface area contributed by atoms with E-state index < -0.39 is 17.8 Å². The molecule has 1 aromatic heterocycles. The van der Waals surface area contributed by atoms with Crippen molar-refractivity contribution in [1.82, 2.24) is 4.98 Å². The molecular weight excluding hydrogens is 474 g/mol. The first-order chi connectivity index (χ1) is 16.4. The third-order valence-electron chi connectivity index (χ3n) is 5.76. The van der Waals surface area contributed by atoms with Crippen molar-refractivity contribution < 1.29 is 24.2 Å². The number of aromatic nitrogens is 1. The molecule has 2 atom stereocenters. The highest BCUT2D eigenvalue weighted by Gasteiger charge is 2.35. The Balaban J connectivity index is 1.37. The van der Waals surface area contributed by atoms with Gasteiger partial charge in [0, 0.05) is 5.69 Å². The van der Waals surface area contributed by atoms with E-state index in [-0.39, 0.29) is 17.6 Å². The van der Waals surface area contributed by atoms with Gasteiger partial charge in [-0.1, -0.05) is 36.7 Å². The number of ether oxygens (including phenoxy) is 1. The molecule has 0 saturated heterocycles. The number of thiazole rings is 1. The van der Waals surface area contributed by atoms with E-state index in [0.717, 1.165) is 27.4 Å². The molecule has 0 aliphatic heterocycles. The standard InChI is InChI=1S/C24H25N3O5S2/c1-32-19-9-5-4-8-17(19)26-21(28)13-33-24-27-18-11-10-14(12-20(18)34-24)25-22(29)15-6-2-3-7-16(15)23(30)31/h4-5,8-12,15-16H,2-3,6-7,13H2,1H3,(H,25,29)(H,26,28)(H,30,31)/t15-,16+/m1/s1. The van der Waals surface area contributed by atoms with E-state index in [9.17, 15) is 19.5 Å². The van der Waals surface area contributed by atoms with Gasteiger partial charge in [0.05, 0.1) is 40.6 Å². The average Bonchev–Trinajstić information content (AvgIpc) is 3.25. The van der Waals surface area contributed by atoms with Crippen LogP contribution in [0.5, 0.6) is 5.75 Å². The minimum Gasteiger partial charge on any atom is -0.495 e.